The van der Waals surface area contributed by atoms with E-state index in [2.05, 4.69) is 20.1 Å². The van der Waals surface area contributed by atoms with Crippen molar-refractivity contribution < 1.29 is 17.9 Å². The molecule has 1 aliphatic heterocycles. The lowest BCUT2D eigenvalue weighted by Crippen LogP contribution is -2.46. The molecule has 0 fully saturated rings. The van der Waals surface area contributed by atoms with Crippen molar-refractivity contribution in [3.8, 4) is 11.5 Å². The lowest BCUT2D eigenvalue weighted by atomic mass is 9.94. The zero-order valence-corrected chi connectivity index (χ0v) is 24.9. The number of ether oxygens (including phenoxy) is 2. The molecule has 38 heavy (non-hydrogen) atoms. The average molecular weight is 560 g/mol. The smallest absolute Gasteiger partial charge is 0.264 e. The van der Waals surface area contributed by atoms with E-state index in [4.69, 9.17) is 27.2 Å². The molecule has 2 aromatic rings. The zero-order valence-electron chi connectivity index (χ0n) is 23.3. The van der Waals surface area contributed by atoms with Gasteiger partial charge in [-0.15, -0.1) is 0 Å². The van der Waals surface area contributed by atoms with Crippen LogP contribution in [0.4, 0.5) is 0 Å². The normalized spacial score (nSPS) is 15.1. The van der Waals surface area contributed by atoms with Crippen molar-refractivity contribution in [2.75, 3.05) is 6.54 Å². The van der Waals surface area contributed by atoms with Gasteiger partial charge in [0.15, 0.2) is 5.11 Å². The Morgan fingerprint density at radius 2 is 1.82 bits per heavy atom. The Balaban J connectivity index is 1.79. The summed E-state index contributed by atoms with van der Waals surface area (Å²) in [6, 6.07) is 7.16. The lowest BCUT2D eigenvalue weighted by Gasteiger charge is -2.23. The molecule has 0 aromatic heterocycles. The maximum atomic E-state index is 13.5. The number of benzene rings is 2. The minimum atomic E-state index is -3.99. The van der Waals surface area contributed by atoms with Gasteiger partial charge in [-0.1, -0.05) is 17.2 Å². The second-order valence-electron chi connectivity index (χ2n) is 11.3. The number of thiocarbonyl (C=S) groups is 1. The van der Waals surface area contributed by atoms with E-state index in [1.165, 1.54) is 0 Å². The van der Waals surface area contributed by atoms with Gasteiger partial charge in [0.25, 0.3) is 10.0 Å². The van der Waals surface area contributed by atoms with Gasteiger partial charge < -0.3 is 14.8 Å². The summed E-state index contributed by atoms with van der Waals surface area (Å²) in [6.07, 6.45) is 1.08. The third kappa shape index (κ3) is 7.09. The Bertz CT molecular complexity index is 1370. The molecule has 0 saturated carbocycles. The van der Waals surface area contributed by atoms with Gasteiger partial charge in [0.1, 0.15) is 22.7 Å². The fourth-order valence-electron chi connectivity index (χ4n) is 4.66. The first-order valence-corrected chi connectivity index (χ1v) is 14.4. The second-order valence-corrected chi connectivity index (χ2v) is 13.3. The van der Waals surface area contributed by atoms with Gasteiger partial charge in [-0.3, -0.25) is 4.72 Å². The summed E-state index contributed by atoms with van der Waals surface area (Å²) in [6.45, 7) is 15.4. The predicted molar refractivity (Wildman–Crippen MR) is 153 cm³/mol. The third-order valence-electron chi connectivity index (χ3n) is 6.32. The van der Waals surface area contributed by atoms with Crippen LogP contribution in [0.3, 0.4) is 0 Å². The number of nitrogens with one attached hydrogen (secondary N) is 2. The second kappa shape index (κ2) is 11.0. The van der Waals surface area contributed by atoms with Crippen LogP contribution in [0.25, 0.3) is 10.4 Å². The molecule has 2 aromatic carbocycles. The van der Waals surface area contributed by atoms with Crippen LogP contribution in [0.5, 0.6) is 11.5 Å². The van der Waals surface area contributed by atoms with Gasteiger partial charge in [-0.25, -0.2) is 8.42 Å². The number of nitrogens with zero attached hydrogens (tertiary/aromatic N) is 3. The maximum absolute atomic E-state index is 13.5. The van der Waals surface area contributed by atoms with Crippen LogP contribution in [0.2, 0.25) is 0 Å². The van der Waals surface area contributed by atoms with E-state index in [9.17, 15) is 8.42 Å². The molecule has 0 spiro atoms. The first-order valence-electron chi connectivity index (χ1n) is 12.5. The number of fused-ring (bicyclic) bond motifs is 1. The Labute approximate surface area is 231 Å². The first-order chi connectivity index (χ1) is 17.5. The Hall–Kier alpha value is -3.01. The molecular formula is C27H37N5O4S2. The number of sulfonamides is 1. The molecule has 0 bridgehead atoms. The van der Waals surface area contributed by atoms with Gasteiger partial charge in [0.2, 0.25) is 0 Å². The molecule has 1 atom stereocenters. The summed E-state index contributed by atoms with van der Waals surface area (Å²) in [5.41, 5.74) is 12.1. The van der Waals surface area contributed by atoms with Gasteiger partial charge in [-0.05, 0) is 114 Å². The SMILES string of the molecule is Cc1c(C)c(S(=O)(=O)NC(=S)N[C@H](CN=[N+]=[N-])Cc2ccc(OC(C)(C)C)cc2)c(C)c2c1OC(C)(C)C2. The molecule has 9 nitrogen and oxygen atoms in total. The Morgan fingerprint density at radius 1 is 1.18 bits per heavy atom. The highest BCUT2D eigenvalue weighted by atomic mass is 32.2. The topological polar surface area (TPSA) is 125 Å². The number of hydrogen-bond acceptors (Lipinski definition) is 6. The van der Waals surface area contributed by atoms with Gasteiger partial charge >= 0.3 is 0 Å². The van der Waals surface area contributed by atoms with E-state index in [1.807, 2.05) is 65.8 Å². The van der Waals surface area contributed by atoms with Crippen molar-refractivity contribution in [1.29, 1.82) is 0 Å². The zero-order chi connectivity index (χ0) is 28.5. The largest absolute Gasteiger partial charge is 0.488 e. The van der Waals surface area contributed by atoms with Crippen molar-refractivity contribution >= 4 is 27.4 Å². The van der Waals surface area contributed by atoms with Gasteiger partial charge in [0, 0.05) is 29.5 Å². The average Bonchev–Trinajstić information content (AvgIpc) is 3.11. The molecule has 206 valence electrons. The fourth-order valence-corrected chi connectivity index (χ4v) is 6.65. The van der Waals surface area contributed by atoms with Crippen molar-refractivity contribution in [2.24, 2.45) is 5.11 Å². The molecule has 0 amide bonds. The van der Waals surface area contributed by atoms with E-state index >= 15 is 0 Å². The van der Waals surface area contributed by atoms with Crippen LogP contribution < -0.4 is 19.5 Å². The highest BCUT2D eigenvalue weighted by molar-refractivity contribution is 7.92. The molecule has 2 N–H and O–H groups in total. The summed E-state index contributed by atoms with van der Waals surface area (Å²) in [5, 5.41) is 6.63. The molecule has 3 rings (SSSR count). The molecule has 0 saturated heterocycles. The minimum absolute atomic E-state index is 0.0654. The van der Waals surface area contributed by atoms with E-state index in [-0.39, 0.29) is 22.2 Å². The highest BCUT2D eigenvalue weighted by Gasteiger charge is 2.36. The monoisotopic (exact) mass is 559 g/mol. The number of hydrogen-bond donors (Lipinski definition) is 2. The minimum Gasteiger partial charge on any atom is -0.488 e. The Kier molecular flexibility index (Phi) is 8.55. The molecule has 0 unspecified atom stereocenters. The van der Waals surface area contributed by atoms with E-state index in [0.29, 0.717) is 24.0 Å². The van der Waals surface area contributed by atoms with Crippen LogP contribution in [-0.4, -0.2) is 37.3 Å². The molecule has 0 aliphatic carbocycles. The fraction of sp³-hybridized carbons (Fsp3) is 0.519. The number of azide groups is 1. The lowest BCUT2D eigenvalue weighted by molar-refractivity contribution is 0.131. The van der Waals surface area contributed by atoms with Crippen LogP contribution in [0.15, 0.2) is 34.3 Å². The Morgan fingerprint density at radius 3 is 2.39 bits per heavy atom. The molecule has 1 heterocycles. The summed E-state index contributed by atoms with van der Waals surface area (Å²) < 4.78 is 41.6. The van der Waals surface area contributed by atoms with Crippen molar-refractivity contribution in [1.82, 2.24) is 10.0 Å². The van der Waals surface area contributed by atoms with Crippen molar-refractivity contribution in [3.63, 3.8) is 0 Å². The van der Waals surface area contributed by atoms with Gasteiger partial charge in [-0.2, -0.15) is 0 Å². The summed E-state index contributed by atoms with van der Waals surface area (Å²) in [4.78, 5) is 3.06. The third-order valence-corrected chi connectivity index (χ3v) is 8.29. The summed E-state index contributed by atoms with van der Waals surface area (Å²) in [5.74, 6) is 1.51. The predicted octanol–water partition coefficient (Wildman–Crippen LogP) is 5.58. The first kappa shape index (κ1) is 29.5. The van der Waals surface area contributed by atoms with E-state index in [1.54, 1.807) is 13.8 Å². The van der Waals surface area contributed by atoms with E-state index in [0.717, 1.165) is 28.2 Å². The van der Waals surface area contributed by atoms with Crippen LogP contribution in [0, 0.1) is 20.8 Å². The van der Waals surface area contributed by atoms with Crippen LogP contribution >= 0.6 is 12.2 Å². The molecule has 0 radical (unpaired) electrons. The maximum Gasteiger partial charge on any atom is 0.264 e. The molecule has 11 heteroatoms. The summed E-state index contributed by atoms with van der Waals surface area (Å²) >= 11 is 5.40. The van der Waals surface area contributed by atoms with Crippen LogP contribution in [0.1, 0.15) is 62.4 Å². The van der Waals surface area contributed by atoms with Crippen LogP contribution in [-0.2, 0) is 22.9 Å². The standard InChI is InChI=1S/C27H37N5O4S2/c1-16-17(2)24(18(3)22-14-27(7,8)36-23(16)22)38(33,34)31-25(37)30-20(15-29-32-28)13-19-9-11-21(12-10-19)35-26(4,5)6/h9-12,20H,13-15H2,1-8H3,(H2,30,31,37)/t20-/m0/s1. The van der Waals surface area contributed by atoms with Crippen molar-refractivity contribution in [2.45, 2.75) is 90.4 Å². The quantitative estimate of drug-likeness (QED) is 0.188. The van der Waals surface area contributed by atoms with Crippen molar-refractivity contribution in [3.05, 3.63) is 62.5 Å². The number of rotatable bonds is 8. The summed E-state index contributed by atoms with van der Waals surface area (Å²) in [7, 11) is -3.99. The highest BCUT2D eigenvalue weighted by Crippen LogP contribution is 2.43. The molecule has 1 aliphatic rings. The van der Waals surface area contributed by atoms with Gasteiger partial charge in [0.05, 0.1) is 4.90 Å². The van der Waals surface area contributed by atoms with E-state index < -0.39 is 21.7 Å². The molecular weight excluding hydrogens is 522 g/mol.